The van der Waals surface area contributed by atoms with Crippen molar-refractivity contribution in [3.8, 4) is 0 Å². The molecule has 22 heavy (non-hydrogen) atoms. The SMILES string of the molecule is C[C@H](c1ccccn1)N(C)S(=O)(=O)c1cccc2nsnc12. The van der Waals surface area contributed by atoms with E-state index in [1.54, 1.807) is 44.4 Å². The van der Waals surface area contributed by atoms with Gasteiger partial charge in [0.15, 0.2) is 0 Å². The standard InChI is InChI=1S/C14H14N4O2S2/c1-10(11-6-3-4-9-15-11)18(2)22(19,20)13-8-5-7-12-14(13)17-21-16-12/h3-10H,1-2H3/t10-/m1/s1. The summed E-state index contributed by atoms with van der Waals surface area (Å²) in [6, 6.07) is 10.0. The molecule has 0 aliphatic heterocycles. The van der Waals surface area contributed by atoms with Crippen LogP contribution in [0, 0.1) is 0 Å². The van der Waals surface area contributed by atoms with E-state index in [9.17, 15) is 8.42 Å². The molecule has 1 atom stereocenters. The quantitative estimate of drug-likeness (QED) is 0.732. The summed E-state index contributed by atoms with van der Waals surface area (Å²) < 4.78 is 35.3. The fourth-order valence-electron chi connectivity index (χ4n) is 2.16. The van der Waals surface area contributed by atoms with Crippen LogP contribution in [0.25, 0.3) is 11.0 Å². The second-order valence-electron chi connectivity index (χ2n) is 4.84. The molecule has 0 saturated heterocycles. The van der Waals surface area contributed by atoms with Crippen LogP contribution in [0.2, 0.25) is 0 Å². The van der Waals surface area contributed by atoms with E-state index in [0.717, 1.165) is 11.7 Å². The molecule has 0 unspecified atom stereocenters. The molecule has 0 amide bonds. The summed E-state index contributed by atoms with van der Waals surface area (Å²) in [6.45, 7) is 1.80. The summed E-state index contributed by atoms with van der Waals surface area (Å²) in [5, 5.41) is 0. The second kappa shape index (κ2) is 5.71. The highest BCUT2D eigenvalue weighted by atomic mass is 32.2. The zero-order valence-corrected chi connectivity index (χ0v) is 13.7. The van der Waals surface area contributed by atoms with Gasteiger partial charge in [-0.3, -0.25) is 4.98 Å². The minimum absolute atomic E-state index is 0.170. The third kappa shape index (κ3) is 2.49. The van der Waals surface area contributed by atoms with Gasteiger partial charge in [0.05, 0.1) is 23.5 Å². The van der Waals surface area contributed by atoms with Crippen LogP contribution < -0.4 is 0 Å². The van der Waals surface area contributed by atoms with Crippen LogP contribution in [0.1, 0.15) is 18.7 Å². The van der Waals surface area contributed by atoms with Gasteiger partial charge >= 0.3 is 0 Å². The van der Waals surface area contributed by atoms with Crippen molar-refractivity contribution in [3.63, 3.8) is 0 Å². The van der Waals surface area contributed by atoms with Gasteiger partial charge in [0.1, 0.15) is 15.9 Å². The molecular formula is C14H14N4O2S2. The fraction of sp³-hybridized carbons (Fsp3) is 0.214. The molecule has 0 spiro atoms. The third-order valence-electron chi connectivity index (χ3n) is 3.57. The van der Waals surface area contributed by atoms with Crippen LogP contribution in [-0.4, -0.2) is 33.5 Å². The molecule has 0 fully saturated rings. The predicted molar refractivity (Wildman–Crippen MR) is 85.0 cm³/mol. The maximum atomic E-state index is 12.9. The monoisotopic (exact) mass is 334 g/mol. The number of rotatable bonds is 4. The first-order valence-corrected chi connectivity index (χ1v) is 8.79. The maximum Gasteiger partial charge on any atom is 0.245 e. The molecule has 3 rings (SSSR count). The molecule has 3 aromatic rings. The van der Waals surface area contributed by atoms with Gasteiger partial charge in [0, 0.05) is 13.2 Å². The van der Waals surface area contributed by atoms with Gasteiger partial charge in [-0.05, 0) is 31.2 Å². The van der Waals surface area contributed by atoms with Gasteiger partial charge in [-0.1, -0.05) is 12.1 Å². The van der Waals surface area contributed by atoms with Crippen LogP contribution in [0.4, 0.5) is 0 Å². The van der Waals surface area contributed by atoms with E-state index in [0.29, 0.717) is 16.7 Å². The Balaban J connectivity index is 2.04. The number of nitrogens with zero attached hydrogens (tertiary/aromatic N) is 4. The molecule has 2 heterocycles. The molecule has 6 nitrogen and oxygen atoms in total. The van der Waals surface area contributed by atoms with E-state index in [-0.39, 0.29) is 10.9 Å². The molecule has 0 aliphatic rings. The molecule has 0 aliphatic carbocycles. The van der Waals surface area contributed by atoms with Crippen molar-refractivity contribution < 1.29 is 8.42 Å². The average molecular weight is 334 g/mol. The van der Waals surface area contributed by atoms with Gasteiger partial charge in [0.25, 0.3) is 0 Å². The maximum absolute atomic E-state index is 12.9. The van der Waals surface area contributed by atoms with Crippen molar-refractivity contribution in [3.05, 3.63) is 48.3 Å². The largest absolute Gasteiger partial charge is 0.260 e. The number of fused-ring (bicyclic) bond motifs is 1. The van der Waals surface area contributed by atoms with Crippen molar-refractivity contribution in [1.29, 1.82) is 0 Å². The molecule has 2 aromatic heterocycles. The molecular weight excluding hydrogens is 320 g/mol. The number of hydrogen-bond acceptors (Lipinski definition) is 6. The van der Waals surface area contributed by atoms with Crippen LogP contribution in [0.15, 0.2) is 47.5 Å². The predicted octanol–water partition coefficient (Wildman–Crippen LogP) is 2.47. The van der Waals surface area contributed by atoms with Gasteiger partial charge in [-0.2, -0.15) is 13.1 Å². The van der Waals surface area contributed by atoms with Crippen LogP contribution in [0.5, 0.6) is 0 Å². The van der Waals surface area contributed by atoms with Gasteiger partial charge < -0.3 is 0 Å². The lowest BCUT2D eigenvalue weighted by molar-refractivity contribution is 0.392. The topological polar surface area (TPSA) is 76.1 Å². The van der Waals surface area contributed by atoms with Crippen molar-refractivity contribution in [2.24, 2.45) is 0 Å². The van der Waals surface area contributed by atoms with E-state index in [1.165, 1.54) is 4.31 Å². The number of sulfonamides is 1. The zero-order valence-electron chi connectivity index (χ0n) is 12.0. The minimum atomic E-state index is -3.69. The lowest BCUT2D eigenvalue weighted by atomic mass is 10.2. The Labute approximate surface area is 132 Å². The highest BCUT2D eigenvalue weighted by Crippen LogP contribution is 2.28. The van der Waals surface area contributed by atoms with E-state index in [2.05, 4.69) is 13.7 Å². The molecule has 8 heteroatoms. The van der Waals surface area contributed by atoms with Crippen LogP contribution in [-0.2, 0) is 10.0 Å². The highest BCUT2D eigenvalue weighted by molar-refractivity contribution is 7.89. The summed E-state index contributed by atoms with van der Waals surface area (Å²) >= 11 is 1.00. The Morgan fingerprint density at radius 3 is 2.68 bits per heavy atom. The number of pyridine rings is 1. The summed E-state index contributed by atoms with van der Waals surface area (Å²) in [7, 11) is -2.14. The number of aromatic nitrogens is 3. The number of hydrogen-bond donors (Lipinski definition) is 0. The minimum Gasteiger partial charge on any atom is -0.260 e. The normalized spacial score (nSPS) is 13.6. The fourth-order valence-corrected chi connectivity index (χ4v) is 4.25. The molecule has 0 saturated carbocycles. The van der Waals surface area contributed by atoms with E-state index in [4.69, 9.17) is 0 Å². The van der Waals surface area contributed by atoms with E-state index < -0.39 is 10.0 Å². The Morgan fingerprint density at radius 2 is 1.95 bits per heavy atom. The summed E-state index contributed by atoms with van der Waals surface area (Å²) in [4.78, 5) is 4.40. The van der Waals surface area contributed by atoms with Gasteiger partial charge in [-0.25, -0.2) is 8.42 Å². The van der Waals surface area contributed by atoms with Crippen LogP contribution >= 0.6 is 11.7 Å². The van der Waals surface area contributed by atoms with Crippen molar-refractivity contribution >= 4 is 32.8 Å². The summed E-state index contributed by atoms with van der Waals surface area (Å²) in [5.41, 5.74) is 1.69. The Kier molecular flexibility index (Phi) is 3.90. The first-order chi connectivity index (χ1) is 10.5. The molecule has 114 valence electrons. The summed E-state index contributed by atoms with van der Waals surface area (Å²) in [5.74, 6) is 0. The Bertz CT molecular complexity index is 893. The Hall–Kier alpha value is -1.90. The molecule has 0 N–H and O–H groups in total. The molecule has 0 bridgehead atoms. The van der Waals surface area contributed by atoms with Crippen LogP contribution in [0.3, 0.4) is 0 Å². The van der Waals surface area contributed by atoms with Crippen molar-refractivity contribution in [2.45, 2.75) is 17.9 Å². The van der Waals surface area contributed by atoms with E-state index in [1.807, 2.05) is 12.1 Å². The van der Waals surface area contributed by atoms with Crippen molar-refractivity contribution in [2.75, 3.05) is 7.05 Å². The lowest BCUT2D eigenvalue weighted by Gasteiger charge is -2.23. The number of benzene rings is 1. The smallest absolute Gasteiger partial charge is 0.245 e. The van der Waals surface area contributed by atoms with Gasteiger partial charge in [0.2, 0.25) is 10.0 Å². The molecule has 0 radical (unpaired) electrons. The molecule has 1 aromatic carbocycles. The average Bonchev–Trinajstić information content (AvgIpc) is 3.02. The summed E-state index contributed by atoms with van der Waals surface area (Å²) in [6.07, 6.45) is 1.65. The van der Waals surface area contributed by atoms with E-state index >= 15 is 0 Å². The highest BCUT2D eigenvalue weighted by Gasteiger charge is 2.29. The zero-order chi connectivity index (χ0) is 15.7. The first-order valence-electron chi connectivity index (χ1n) is 6.62. The Morgan fingerprint density at radius 1 is 1.14 bits per heavy atom. The lowest BCUT2D eigenvalue weighted by Crippen LogP contribution is -2.30. The first kappa shape index (κ1) is 15.0. The third-order valence-corrected chi connectivity index (χ3v) is 6.07. The van der Waals surface area contributed by atoms with Crippen molar-refractivity contribution in [1.82, 2.24) is 18.0 Å². The second-order valence-corrected chi connectivity index (χ2v) is 7.33. The van der Waals surface area contributed by atoms with Gasteiger partial charge in [-0.15, -0.1) is 0 Å².